The minimum Gasteiger partial charge on any atom is -0.493 e. The van der Waals surface area contributed by atoms with E-state index in [9.17, 15) is 23.2 Å². The van der Waals surface area contributed by atoms with Gasteiger partial charge in [0, 0.05) is 13.1 Å². The number of hydrogen-bond donors (Lipinski definition) is 1. The molecule has 1 heterocycles. The van der Waals surface area contributed by atoms with E-state index in [-0.39, 0.29) is 41.8 Å². The highest BCUT2D eigenvalue weighted by Gasteiger charge is 2.34. The zero-order valence-corrected chi connectivity index (χ0v) is 19.7. The molecule has 0 aliphatic carbocycles. The van der Waals surface area contributed by atoms with Crippen LogP contribution in [-0.2, 0) is 16.0 Å². The molecule has 0 saturated carbocycles. The van der Waals surface area contributed by atoms with Crippen molar-refractivity contribution in [1.82, 2.24) is 10.2 Å². The lowest BCUT2D eigenvalue weighted by atomic mass is 10.0. The lowest BCUT2D eigenvalue weighted by molar-refractivity contribution is -0.124. The number of halogens is 2. The van der Waals surface area contributed by atoms with Crippen molar-refractivity contribution in [2.75, 3.05) is 20.2 Å². The van der Waals surface area contributed by atoms with Gasteiger partial charge in [0.2, 0.25) is 5.91 Å². The Morgan fingerprint density at radius 3 is 2.56 bits per heavy atom. The van der Waals surface area contributed by atoms with Gasteiger partial charge in [0.05, 0.1) is 18.4 Å². The molecule has 3 amide bonds. The van der Waals surface area contributed by atoms with Gasteiger partial charge in [-0.2, -0.15) is 8.78 Å². The summed E-state index contributed by atoms with van der Waals surface area (Å²) in [4.78, 5) is 38.4. The maximum absolute atomic E-state index is 12.7. The van der Waals surface area contributed by atoms with Crippen LogP contribution < -0.4 is 14.8 Å². The fraction of sp³-hybridized carbons (Fsp3) is 0.292. The van der Waals surface area contributed by atoms with Gasteiger partial charge >= 0.3 is 6.61 Å². The van der Waals surface area contributed by atoms with Crippen molar-refractivity contribution in [2.45, 2.75) is 26.9 Å². The Hall–Kier alpha value is -3.40. The summed E-state index contributed by atoms with van der Waals surface area (Å²) in [7, 11) is 1.31. The fourth-order valence-corrected chi connectivity index (χ4v) is 4.14. The molecule has 1 saturated heterocycles. The predicted molar refractivity (Wildman–Crippen MR) is 125 cm³/mol. The van der Waals surface area contributed by atoms with Gasteiger partial charge in [-0.15, -0.1) is 0 Å². The van der Waals surface area contributed by atoms with E-state index in [0.29, 0.717) is 5.56 Å². The molecule has 180 valence electrons. The molecule has 34 heavy (non-hydrogen) atoms. The number of hydrogen-bond acceptors (Lipinski definition) is 6. The summed E-state index contributed by atoms with van der Waals surface area (Å²) < 4.78 is 34.4. The molecule has 0 atom stereocenters. The molecule has 1 aliphatic rings. The lowest BCUT2D eigenvalue weighted by Gasteiger charge is -2.13. The molecule has 0 spiro atoms. The molecule has 1 N–H and O–H groups in total. The van der Waals surface area contributed by atoms with E-state index in [1.165, 1.54) is 31.4 Å². The monoisotopic (exact) mass is 490 g/mol. The zero-order chi connectivity index (χ0) is 24.8. The molecular weight excluding hydrogens is 466 g/mol. The number of amides is 3. The molecule has 0 unspecified atom stereocenters. The van der Waals surface area contributed by atoms with Crippen LogP contribution in [0.2, 0.25) is 0 Å². The molecule has 10 heteroatoms. The summed E-state index contributed by atoms with van der Waals surface area (Å²) in [6, 6.07) is 10.0. The summed E-state index contributed by atoms with van der Waals surface area (Å²) in [6.45, 7) is 1.13. The third-order valence-corrected chi connectivity index (χ3v) is 6.08. The number of carbonyl (C=O) groups excluding carboxylic acids is 3. The molecule has 2 aromatic rings. The Balaban J connectivity index is 1.58. The number of thioether (sulfide) groups is 1. The number of nitrogens with zero attached hydrogens (tertiary/aromatic N) is 1. The first-order valence-corrected chi connectivity index (χ1v) is 11.2. The van der Waals surface area contributed by atoms with Gasteiger partial charge in [0.15, 0.2) is 11.5 Å². The average Bonchev–Trinajstić information content (AvgIpc) is 3.04. The second-order valence-corrected chi connectivity index (χ2v) is 8.56. The molecule has 3 rings (SSSR count). The first kappa shape index (κ1) is 25.2. The van der Waals surface area contributed by atoms with Crippen LogP contribution in [0.25, 0.3) is 6.08 Å². The van der Waals surface area contributed by atoms with Gasteiger partial charge in [-0.25, -0.2) is 0 Å². The van der Waals surface area contributed by atoms with Gasteiger partial charge in [0.1, 0.15) is 0 Å². The number of carbonyl (C=O) groups is 3. The van der Waals surface area contributed by atoms with Gasteiger partial charge in [-0.05, 0) is 66.1 Å². The van der Waals surface area contributed by atoms with Gasteiger partial charge < -0.3 is 14.8 Å². The summed E-state index contributed by atoms with van der Waals surface area (Å²) in [5.74, 6) is -0.770. The Bertz CT molecular complexity index is 1140. The number of nitrogens with one attached hydrogen (secondary N) is 1. The molecule has 0 aromatic heterocycles. The van der Waals surface area contributed by atoms with E-state index in [0.717, 1.165) is 33.4 Å². The first-order valence-electron chi connectivity index (χ1n) is 10.4. The van der Waals surface area contributed by atoms with Crippen LogP contribution in [-0.4, -0.2) is 48.8 Å². The first-order chi connectivity index (χ1) is 16.2. The maximum Gasteiger partial charge on any atom is 0.387 e. The third kappa shape index (κ3) is 6.34. The quantitative estimate of drug-likeness (QED) is 0.528. The van der Waals surface area contributed by atoms with Crippen LogP contribution in [0.3, 0.4) is 0 Å². The number of benzene rings is 2. The van der Waals surface area contributed by atoms with Crippen molar-refractivity contribution < 1.29 is 32.6 Å². The van der Waals surface area contributed by atoms with E-state index < -0.39 is 17.8 Å². The van der Waals surface area contributed by atoms with Crippen molar-refractivity contribution in [2.24, 2.45) is 0 Å². The number of methoxy groups -OCH3 is 1. The zero-order valence-electron chi connectivity index (χ0n) is 18.9. The van der Waals surface area contributed by atoms with Crippen LogP contribution in [0, 0.1) is 13.8 Å². The topological polar surface area (TPSA) is 84.9 Å². The number of ether oxygens (including phenoxy) is 2. The normalized spacial score (nSPS) is 14.8. The highest BCUT2D eigenvalue weighted by atomic mass is 32.2. The standard InChI is InChI=1S/C24H24F2N2O5S/c1-14-4-5-16(10-15(14)2)13-21(29)27-8-9-28-22(30)20(34-24(28)31)12-17-6-7-18(33-23(25)26)19(11-17)32-3/h4-7,10-12,23H,8-9,13H2,1-3H3,(H,27,29)/b20-12-. The molecule has 1 aliphatic heterocycles. The second kappa shape index (κ2) is 11.1. The van der Waals surface area contributed by atoms with Gasteiger partial charge in [0.25, 0.3) is 11.1 Å². The van der Waals surface area contributed by atoms with E-state index >= 15 is 0 Å². The van der Waals surface area contributed by atoms with E-state index in [1.54, 1.807) is 0 Å². The fourth-order valence-electron chi connectivity index (χ4n) is 3.28. The van der Waals surface area contributed by atoms with Crippen LogP contribution in [0.15, 0.2) is 41.3 Å². The van der Waals surface area contributed by atoms with Gasteiger partial charge in [-0.1, -0.05) is 24.3 Å². The lowest BCUT2D eigenvalue weighted by Crippen LogP contribution is -2.37. The average molecular weight is 491 g/mol. The van der Waals surface area contributed by atoms with Crippen LogP contribution in [0.5, 0.6) is 11.5 Å². The molecule has 0 radical (unpaired) electrons. The highest BCUT2D eigenvalue weighted by Crippen LogP contribution is 2.34. The van der Waals surface area contributed by atoms with Crippen LogP contribution in [0.4, 0.5) is 13.6 Å². The summed E-state index contributed by atoms with van der Waals surface area (Å²) >= 11 is 0.763. The van der Waals surface area contributed by atoms with Crippen LogP contribution >= 0.6 is 11.8 Å². The van der Waals surface area contributed by atoms with E-state index in [4.69, 9.17) is 4.74 Å². The van der Waals surface area contributed by atoms with Crippen molar-refractivity contribution in [3.05, 3.63) is 63.6 Å². The van der Waals surface area contributed by atoms with Crippen molar-refractivity contribution in [3.63, 3.8) is 0 Å². The Morgan fingerprint density at radius 1 is 1.12 bits per heavy atom. The van der Waals surface area contributed by atoms with E-state index in [2.05, 4.69) is 10.1 Å². The van der Waals surface area contributed by atoms with E-state index in [1.807, 2.05) is 32.0 Å². The Labute approximate surface area is 200 Å². The Kier molecular flexibility index (Phi) is 8.27. The summed E-state index contributed by atoms with van der Waals surface area (Å²) in [6.07, 6.45) is 1.67. The number of aryl methyl sites for hydroxylation is 2. The van der Waals surface area contributed by atoms with Crippen molar-refractivity contribution in [1.29, 1.82) is 0 Å². The number of alkyl halides is 2. The molecule has 7 nitrogen and oxygen atoms in total. The number of imide groups is 1. The predicted octanol–water partition coefficient (Wildman–Crippen LogP) is 4.31. The largest absolute Gasteiger partial charge is 0.493 e. The van der Waals surface area contributed by atoms with Crippen molar-refractivity contribution >= 4 is 34.9 Å². The summed E-state index contributed by atoms with van der Waals surface area (Å²) in [5, 5.41) is 2.27. The highest BCUT2D eigenvalue weighted by molar-refractivity contribution is 8.18. The van der Waals surface area contributed by atoms with Crippen LogP contribution in [0.1, 0.15) is 22.3 Å². The maximum atomic E-state index is 12.7. The molecule has 0 bridgehead atoms. The minimum absolute atomic E-state index is 0.0329. The van der Waals surface area contributed by atoms with Crippen molar-refractivity contribution in [3.8, 4) is 11.5 Å². The molecular formula is C24H24F2N2O5S. The SMILES string of the molecule is COc1cc(/C=C2\SC(=O)N(CCNC(=O)Cc3ccc(C)c(C)c3)C2=O)ccc1OC(F)F. The Morgan fingerprint density at radius 2 is 1.88 bits per heavy atom. The smallest absolute Gasteiger partial charge is 0.387 e. The van der Waals surface area contributed by atoms with Gasteiger partial charge in [-0.3, -0.25) is 19.3 Å². The second-order valence-electron chi connectivity index (χ2n) is 7.57. The minimum atomic E-state index is -3.00. The summed E-state index contributed by atoms with van der Waals surface area (Å²) in [5.41, 5.74) is 3.61. The third-order valence-electron chi connectivity index (χ3n) is 5.17. The molecule has 1 fully saturated rings. The number of rotatable bonds is 9. The molecule has 2 aromatic carbocycles.